The van der Waals surface area contributed by atoms with E-state index >= 15 is 0 Å². The van der Waals surface area contributed by atoms with Gasteiger partial charge in [-0.1, -0.05) is 13.3 Å². The predicted octanol–water partition coefficient (Wildman–Crippen LogP) is 0.977. The van der Waals surface area contributed by atoms with Gasteiger partial charge < -0.3 is 0 Å². The van der Waals surface area contributed by atoms with Gasteiger partial charge in [0.15, 0.2) is 5.82 Å². The lowest BCUT2D eigenvalue weighted by atomic mass is 9.98. The molecular formula is C14H24N8. The molecule has 1 fully saturated rings. The Balaban J connectivity index is 1.55. The average molecular weight is 304 g/mol. The van der Waals surface area contributed by atoms with Crippen molar-refractivity contribution in [1.82, 2.24) is 39.9 Å². The van der Waals surface area contributed by atoms with Crippen molar-refractivity contribution in [3.05, 3.63) is 18.5 Å². The van der Waals surface area contributed by atoms with Crippen LogP contribution in [0.1, 0.15) is 38.4 Å². The number of aryl methyl sites for hydroxylation is 1. The topological polar surface area (TPSA) is 77.5 Å². The molecule has 22 heavy (non-hydrogen) atoms. The second kappa shape index (κ2) is 7.44. The summed E-state index contributed by atoms with van der Waals surface area (Å²) in [4.78, 5) is 6.47. The summed E-state index contributed by atoms with van der Waals surface area (Å²) in [5.74, 6) is 1.60. The van der Waals surface area contributed by atoms with Crippen LogP contribution in [0.4, 0.5) is 0 Å². The van der Waals surface area contributed by atoms with Crippen molar-refractivity contribution >= 4 is 0 Å². The van der Waals surface area contributed by atoms with Crippen molar-refractivity contribution in [3.63, 3.8) is 0 Å². The van der Waals surface area contributed by atoms with Gasteiger partial charge in [-0.05, 0) is 42.2 Å². The molecule has 0 radical (unpaired) electrons. The van der Waals surface area contributed by atoms with E-state index in [9.17, 15) is 0 Å². The highest BCUT2D eigenvalue weighted by Gasteiger charge is 2.22. The fourth-order valence-corrected chi connectivity index (χ4v) is 3.05. The van der Waals surface area contributed by atoms with Gasteiger partial charge in [-0.3, -0.25) is 9.58 Å². The summed E-state index contributed by atoms with van der Waals surface area (Å²) in [7, 11) is 0. The zero-order valence-corrected chi connectivity index (χ0v) is 13.2. The Hall–Kier alpha value is -1.83. The lowest BCUT2D eigenvalue weighted by Crippen LogP contribution is -2.37. The van der Waals surface area contributed by atoms with Crippen molar-refractivity contribution in [2.24, 2.45) is 5.92 Å². The summed E-state index contributed by atoms with van der Waals surface area (Å²) >= 11 is 0. The molecule has 0 spiro atoms. The zero-order chi connectivity index (χ0) is 15.2. The van der Waals surface area contributed by atoms with Gasteiger partial charge >= 0.3 is 0 Å². The Labute approximate surface area is 130 Å². The Kier molecular flexibility index (Phi) is 5.10. The molecule has 1 aliphatic heterocycles. The zero-order valence-electron chi connectivity index (χ0n) is 13.2. The predicted molar refractivity (Wildman–Crippen MR) is 80.7 cm³/mol. The van der Waals surface area contributed by atoms with E-state index in [-0.39, 0.29) is 0 Å². The number of aromatic nitrogens is 7. The van der Waals surface area contributed by atoms with Gasteiger partial charge in [0.1, 0.15) is 12.7 Å². The summed E-state index contributed by atoms with van der Waals surface area (Å²) in [5, 5.41) is 16.3. The Morgan fingerprint density at radius 1 is 1.36 bits per heavy atom. The van der Waals surface area contributed by atoms with Gasteiger partial charge in [-0.2, -0.15) is 5.10 Å². The van der Waals surface area contributed by atoms with Crippen LogP contribution in [-0.2, 0) is 19.6 Å². The van der Waals surface area contributed by atoms with E-state index in [1.54, 1.807) is 12.7 Å². The SMILES string of the molecule is CCCCn1nnnc1CN1CCC[C@H](Cn2cncn2)C1. The first-order chi connectivity index (χ1) is 10.8. The van der Waals surface area contributed by atoms with Crippen molar-refractivity contribution in [1.29, 1.82) is 0 Å². The van der Waals surface area contributed by atoms with Crippen LogP contribution in [0.15, 0.2) is 12.7 Å². The van der Waals surface area contributed by atoms with Crippen molar-refractivity contribution in [2.75, 3.05) is 13.1 Å². The molecule has 0 unspecified atom stereocenters. The summed E-state index contributed by atoms with van der Waals surface area (Å²) in [6.45, 7) is 7.06. The molecule has 0 aromatic carbocycles. The van der Waals surface area contributed by atoms with Crippen LogP contribution in [0, 0.1) is 5.92 Å². The van der Waals surface area contributed by atoms with Gasteiger partial charge in [0.05, 0.1) is 6.54 Å². The van der Waals surface area contributed by atoms with E-state index in [1.807, 2.05) is 9.36 Å². The van der Waals surface area contributed by atoms with E-state index < -0.39 is 0 Å². The van der Waals surface area contributed by atoms with Crippen molar-refractivity contribution in [3.8, 4) is 0 Å². The van der Waals surface area contributed by atoms with E-state index in [4.69, 9.17) is 0 Å². The smallest absolute Gasteiger partial charge is 0.165 e. The quantitative estimate of drug-likeness (QED) is 0.759. The first kappa shape index (κ1) is 15.1. The monoisotopic (exact) mass is 304 g/mol. The van der Waals surface area contributed by atoms with Crippen LogP contribution < -0.4 is 0 Å². The third-order valence-corrected chi connectivity index (χ3v) is 4.21. The maximum Gasteiger partial charge on any atom is 0.165 e. The normalized spacial score (nSPS) is 19.6. The third-order valence-electron chi connectivity index (χ3n) is 4.21. The Bertz CT molecular complexity index is 549. The Morgan fingerprint density at radius 2 is 2.32 bits per heavy atom. The maximum atomic E-state index is 4.21. The minimum absolute atomic E-state index is 0.621. The first-order valence-corrected chi connectivity index (χ1v) is 8.15. The molecule has 1 aliphatic rings. The fourth-order valence-electron chi connectivity index (χ4n) is 3.05. The number of likely N-dealkylation sites (tertiary alicyclic amines) is 1. The summed E-state index contributed by atoms with van der Waals surface area (Å²) in [6.07, 6.45) is 8.13. The number of hydrogen-bond donors (Lipinski definition) is 0. The number of piperidine rings is 1. The van der Waals surface area contributed by atoms with Crippen LogP contribution >= 0.6 is 0 Å². The molecule has 0 saturated carbocycles. The molecule has 120 valence electrons. The van der Waals surface area contributed by atoms with E-state index in [2.05, 4.69) is 37.4 Å². The molecule has 3 rings (SSSR count). The molecule has 1 saturated heterocycles. The fraction of sp³-hybridized carbons (Fsp3) is 0.786. The third kappa shape index (κ3) is 3.88. The molecule has 3 heterocycles. The van der Waals surface area contributed by atoms with Crippen LogP contribution in [0.25, 0.3) is 0 Å². The molecular weight excluding hydrogens is 280 g/mol. The minimum Gasteiger partial charge on any atom is -0.296 e. The molecule has 2 aromatic rings. The highest BCUT2D eigenvalue weighted by atomic mass is 15.5. The van der Waals surface area contributed by atoms with E-state index in [1.165, 1.54) is 12.8 Å². The molecule has 0 N–H and O–H groups in total. The minimum atomic E-state index is 0.621. The molecule has 8 heteroatoms. The lowest BCUT2D eigenvalue weighted by molar-refractivity contribution is 0.148. The first-order valence-electron chi connectivity index (χ1n) is 8.15. The molecule has 1 atom stereocenters. The number of hydrogen-bond acceptors (Lipinski definition) is 6. The maximum absolute atomic E-state index is 4.21. The summed E-state index contributed by atoms with van der Waals surface area (Å²) in [6, 6.07) is 0. The van der Waals surface area contributed by atoms with E-state index in [0.717, 1.165) is 51.4 Å². The summed E-state index contributed by atoms with van der Waals surface area (Å²) in [5.41, 5.74) is 0. The number of unbranched alkanes of at least 4 members (excludes halogenated alkanes) is 1. The standard InChI is InChI=1S/C14H24N8/c1-2-3-7-22-14(17-18-19-22)10-20-6-4-5-13(8-20)9-21-12-15-11-16-21/h11-13H,2-10H2,1H3/t13-/m0/s1. The highest BCUT2D eigenvalue weighted by molar-refractivity contribution is 4.84. The van der Waals surface area contributed by atoms with Crippen molar-refractivity contribution < 1.29 is 0 Å². The average Bonchev–Trinajstić information content (AvgIpc) is 3.18. The molecule has 0 bridgehead atoms. The van der Waals surface area contributed by atoms with Gasteiger partial charge in [0.25, 0.3) is 0 Å². The van der Waals surface area contributed by atoms with Crippen LogP contribution in [-0.4, -0.2) is 53.0 Å². The van der Waals surface area contributed by atoms with Gasteiger partial charge in [-0.25, -0.2) is 9.67 Å². The van der Waals surface area contributed by atoms with E-state index in [0.29, 0.717) is 5.92 Å². The Morgan fingerprint density at radius 3 is 3.14 bits per heavy atom. The van der Waals surface area contributed by atoms with Crippen LogP contribution in [0.2, 0.25) is 0 Å². The largest absolute Gasteiger partial charge is 0.296 e. The van der Waals surface area contributed by atoms with Crippen LogP contribution in [0.5, 0.6) is 0 Å². The van der Waals surface area contributed by atoms with Crippen molar-refractivity contribution in [2.45, 2.75) is 52.2 Å². The number of nitrogens with zero attached hydrogens (tertiary/aromatic N) is 8. The van der Waals surface area contributed by atoms with Gasteiger partial charge in [-0.15, -0.1) is 5.10 Å². The second-order valence-corrected chi connectivity index (χ2v) is 6.03. The summed E-state index contributed by atoms with van der Waals surface area (Å²) < 4.78 is 3.88. The van der Waals surface area contributed by atoms with Crippen LogP contribution in [0.3, 0.4) is 0 Å². The lowest BCUT2D eigenvalue weighted by Gasteiger charge is -2.32. The molecule has 0 aliphatic carbocycles. The molecule has 2 aromatic heterocycles. The number of tetrazole rings is 1. The molecule has 0 amide bonds. The highest BCUT2D eigenvalue weighted by Crippen LogP contribution is 2.19. The van der Waals surface area contributed by atoms with Gasteiger partial charge in [0, 0.05) is 19.6 Å². The van der Waals surface area contributed by atoms with Gasteiger partial charge in [0.2, 0.25) is 0 Å². The molecule has 8 nitrogen and oxygen atoms in total. The second-order valence-electron chi connectivity index (χ2n) is 6.03. The number of rotatable bonds is 7.